The lowest BCUT2D eigenvalue weighted by Crippen LogP contribution is -2.10. The Labute approximate surface area is 122 Å². The Morgan fingerprint density at radius 2 is 1.90 bits per heavy atom. The lowest BCUT2D eigenvalue weighted by molar-refractivity contribution is -0.114. The van der Waals surface area contributed by atoms with E-state index in [1.165, 1.54) is 19.1 Å². The Kier molecular flexibility index (Phi) is 4.52. The summed E-state index contributed by atoms with van der Waals surface area (Å²) in [5, 5.41) is 14.7. The molecule has 21 heavy (non-hydrogen) atoms. The van der Waals surface area contributed by atoms with E-state index in [0.29, 0.717) is 17.9 Å². The number of rotatable bonds is 4. The van der Waals surface area contributed by atoms with Crippen LogP contribution in [0, 0.1) is 17.1 Å². The highest BCUT2D eigenvalue weighted by atomic mass is 19.1. The second kappa shape index (κ2) is 6.53. The van der Waals surface area contributed by atoms with Crippen LogP contribution in [0.25, 0.3) is 0 Å². The number of carbonyl (C=O) groups is 1. The summed E-state index contributed by atoms with van der Waals surface area (Å²) < 4.78 is 13.5. The van der Waals surface area contributed by atoms with E-state index in [1.807, 2.05) is 24.3 Å². The maximum absolute atomic E-state index is 13.5. The largest absolute Gasteiger partial charge is 0.380 e. The van der Waals surface area contributed by atoms with E-state index in [1.54, 1.807) is 12.1 Å². The van der Waals surface area contributed by atoms with Crippen molar-refractivity contribution in [1.29, 1.82) is 5.26 Å². The van der Waals surface area contributed by atoms with E-state index in [9.17, 15) is 9.18 Å². The molecule has 0 spiro atoms. The van der Waals surface area contributed by atoms with Crippen LogP contribution in [0.5, 0.6) is 0 Å². The molecule has 0 aliphatic carbocycles. The Bertz CT molecular complexity index is 707. The highest BCUT2D eigenvalue weighted by Gasteiger charge is 2.08. The maximum Gasteiger partial charge on any atom is 0.221 e. The number of amides is 1. The number of benzene rings is 2. The number of hydrogen-bond acceptors (Lipinski definition) is 3. The normalized spacial score (nSPS) is 9.76. The van der Waals surface area contributed by atoms with E-state index in [-0.39, 0.29) is 11.5 Å². The molecule has 2 aromatic carbocycles. The van der Waals surface area contributed by atoms with Crippen molar-refractivity contribution < 1.29 is 9.18 Å². The average Bonchev–Trinajstić information content (AvgIpc) is 2.46. The van der Waals surface area contributed by atoms with E-state index in [2.05, 4.69) is 10.6 Å². The summed E-state index contributed by atoms with van der Waals surface area (Å²) in [6, 6.07) is 13.6. The third kappa shape index (κ3) is 3.57. The van der Waals surface area contributed by atoms with Gasteiger partial charge in [0.2, 0.25) is 5.91 Å². The van der Waals surface area contributed by atoms with Crippen LogP contribution in [0.3, 0.4) is 0 Å². The van der Waals surface area contributed by atoms with Crippen molar-refractivity contribution in [2.24, 2.45) is 0 Å². The highest BCUT2D eigenvalue weighted by molar-refractivity contribution is 5.89. The van der Waals surface area contributed by atoms with Crippen molar-refractivity contribution in [3.8, 4) is 6.07 Å². The van der Waals surface area contributed by atoms with Gasteiger partial charge in [-0.3, -0.25) is 4.79 Å². The minimum atomic E-state index is -0.558. The SMILES string of the molecule is CC(=O)Nc1ccccc1CNc1cccc(F)c1C#N. The average molecular weight is 283 g/mol. The van der Waals surface area contributed by atoms with Crippen LogP contribution in [-0.4, -0.2) is 5.91 Å². The fourth-order valence-corrected chi connectivity index (χ4v) is 1.96. The molecule has 2 aromatic rings. The zero-order valence-corrected chi connectivity index (χ0v) is 11.5. The molecule has 0 bridgehead atoms. The first-order valence-electron chi connectivity index (χ1n) is 6.40. The second-order valence-electron chi connectivity index (χ2n) is 4.47. The predicted octanol–water partition coefficient (Wildman–Crippen LogP) is 3.27. The van der Waals surface area contributed by atoms with Crippen molar-refractivity contribution in [2.45, 2.75) is 13.5 Å². The first-order chi connectivity index (χ1) is 10.1. The van der Waals surface area contributed by atoms with Crippen LogP contribution >= 0.6 is 0 Å². The van der Waals surface area contributed by atoms with E-state index in [4.69, 9.17) is 5.26 Å². The summed E-state index contributed by atoms with van der Waals surface area (Å²) in [5.74, 6) is -0.719. The molecule has 0 saturated carbocycles. The van der Waals surface area contributed by atoms with E-state index in [0.717, 1.165) is 5.56 Å². The molecule has 0 aliphatic heterocycles. The van der Waals surface area contributed by atoms with Gasteiger partial charge >= 0.3 is 0 Å². The van der Waals surface area contributed by atoms with Crippen molar-refractivity contribution in [3.05, 3.63) is 59.4 Å². The van der Waals surface area contributed by atoms with Gasteiger partial charge in [-0.05, 0) is 23.8 Å². The quantitative estimate of drug-likeness (QED) is 0.905. The predicted molar refractivity (Wildman–Crippen MR) is 79.2 cm³/mol. The molecule has 4 nitrogen and oxygen atoms in total. The summed E-state index contributed by atoms with van der Waals surface area (Å²) in [5.41, 5.74) is 1.94. The summed E-state index contributed by atoms with van der Waals surface area (Å²) in [4.78, 5) is 11.2. The fraction of sp³-hybridized carbons (Fsp3) is 0.125. The molecule has 0 heterocycles. The second-order valence-corrected chi connectivity index (χ2v) is 4.47. The third-order valence-electron chi connectivity index (χ3n) is 2.92. The Morgan fingerprint density at radius 1 is 1.19 bits per heavy atom. The molecule has 0 fully saturated rings. The van der Waals surface area contributed by atoms with Gasteiger partial charge in [-0.25, -0.2) is 4.39 Å². The fourth-order valence-electron chi connectivity index (χ4n) is 1.96. The number of nitrogens with zero attached hydrogens (tertiary/aromatic N) is 1. The summed E-state index contributed by atoms with van der Waals surface area (Å²) in [6.07, 6.45) is 0. The number of nitrogens with one attached hydrogen (secondary N) is 2. The highest BCUT2D eigenvalue weighted by Crippen LogP contribution is 2.21. The molecule has 0 atom stereocenters. The van der Waals surface area contributed by atoms with Crippen LogP contribution in [0.15, 0.2) is 42.5 Å². The Morgan fingerprint density at radius 3 is 2.62 bits per heavy atom. The van der Waals surface area contributed by atoms with Crippen LogP contribution < -0.4 is 10.6 Å². The molecule has 0 aliphatic rings. The molecule has 5 heteroatoms. The van der Waals surface area contributed by atoms with E-state index < -0.39 is 5.82 Å². The molecule has 0 unspecified atom stereocenters. The third-order valence-corrected chi connectivity index (χ3v) is 2.92. The number of hydrogen-bond donors (Lipinski definition) is 2. The minimum absolute atomic E-state index is 0.0190. The molecule has 2 rings (SSSR count). The molecule has 0 radical (unpaired) electrons. The van der Waals surface area contributed by atoms with Crippen LogP contribution in [0.1, 0.15) is 18.1 Å². The van der Waals surface area contributed by atoms with Gasteiger partial charge in [0.25, 0.3) is 0 Å². The molecule has 106 valence electrons. The van der Waals surface area contributed by atoms with Gasteiger partial charge in [0.1, 0.15) is 17.4 Å². The van der Waals surface area contributed by atoms with E-state index >= 15 is 0 Å². The summed E-state index contributed by atoms with van der Waals surface area (Å²) in [7, 11) is 0. The number of para-hydroxylation sites is 1. The zero-order valence-electron chi connectivity index (χ0n) is 11.5. The Balaban J connectivity index is 2.20. The van der Waals surface area contributed by atoms with Gasteiger partial charge in [0, 0.05) is 19.2 Å². The molecule has 0 aromatic heterocycles. The molecule has 1 amide bonds. The number of anilines is 2. The number of nitriles is 1. The zero-order chi connectivity index (χ0) is 15.2. The minimum Gasteiger partial charge on any atom is -0.380 e. The monoisotopic (exact) mass is 283 g/mol. The topological polar surface area (TPSA) is 64.9 Å². The lowest BCUT2D eigenvalue weighted by atomic mass is 10.1. The molecular formula is C16H14FN3O. The van der Waals surface area contributed by atoms with Crippen molar-refractivity contribution in [2.75, 3.05) is 10.6 Å². The first-order valence-corrected chi connectivity index (χ1v) is 6.40. The van der Waals surface area contributed by atoms with Crippen molar-refractivity contribution >= 4 is 17.3 Å². The Hall–Kier alpha value is -2.87. The van der Waals surface area contributed by atoms with Gasteiger partial charge in [-0.15, -0.1) is 0 Å². The molecule has 0 saturated heterocycles. The van der Waals surface area contributed by atoms with Gasteiger partial charge < -0.3 is 10.6 Å². The maximum atomic E-state index is 13.5. The van der Waals surface area contributed by atoms with Crippen LogP contribution in [0.4, 0.5) is 15.8 Å². The van der Waals surface area contributed by atoms with Gasteiger partial charge in [0.05, 0.1) is 5.69 Å². The van der Waals surface area contributed by atoms with Crippen molar-refractivity contribution in [1.82, 2.24) is 0 Å². The van der Waals surface area contributed by atoms with Crippen LogP contribution in [-0.2, 0) is 11.3 Å². The summed E-state index contributed by atoms with van der Waals surface area (Å²) >= 11 is 0. The first kappa shape index (κ1) is 14.5. The standard InChI is InChI=1S/C16H14FN3O/c1-11(21)20-15-7-3-2-5-12(15)10-19-16-8-4-6-14(17)13(16)9-18/h2-8,19H,10H2,1H3,(H,20,21). The summed E-state index contributed by atoms with van der Waals surface area (Å²) in [6.45, 7) is 1.80. The molecular weight excluding hydrogens is 269 g/mol. The van der Waals surface area contributed by atoms with Crippen LogP contribution in [0.2, 0.25) is 0 Å². The number of halogens is 1. The number of carbonyl (C=O) groups excluding carboxylic acids is 1. The van der Waals surface area contributed by atoms with Gasteiger partial charge in [0.15, 0.2) is 0 Å². The molecule has 2 N–H and O–H groups in total. The lowest BCUT2D eigenvalue weighted by Gasteiger charge is -2.12. The van der Waals surface area contributed by atoms with Crippen molar-refractivity contribution in [3.63, 3.8) is 0 Å². The smallest absolute Gasteiger partial charge is 0.221 e. The van der Waals surface area contributed by atoms with Gasteiger partial charge in [-0.2, -0.15) is 5.26 Å². The van der Waals surface area contributed by atoms with Gasteiger partial charge in [-0.1, -0.05) is 24.3 Å².